The molecule has 0 unspecified atom stereocenters. The number of carbonyl (C=O) groups is 4. The van der Waals surface area contributed by atoms with Crippen molar-refractivity contribution in [1.82, 2.24) is 45.0 Å². The molecule has 18 nitrogen and oxygen atoms in total. The third-order valence-corrected chi connectivity index (χ3v) is 6.80. The van der Waals surface area contributed by atoms with Gasteiger partial charge in [0.25, 0.3) is 11.8 Å². The number of amides is 2. The van der Waals surface area contributed by atoms with Crippen LogP contribution in [0.15, 0.2) is 67.3 Å². The van der Waals surface area contributed by atoms with Crippen molar-refractivity contribution >= 4 is 40.8 Å². The Labute approximate surface area is 271 Å². The molecule has 49 heavy (non-hydrogen) atoms. The lowest BCUT2D eigenvalue weighted by atomic mass is 10.1. The molecular weight excluding hydrogens is 652 g/mol. The Morgan fingerprint density at radius 1 is 0.816 bits per heavy atom. The SMILES string of the molecule is O=C(Nc1cc(CCOc2cc(NC(=O)c3ccc4nnnn4n3)c(C(=O)O)cc2F)c(F)cc1C(=O)O)c1ccc(-n2ccnc2)nn1. The number of carboxylic acids is 2. The smallest absolute Gasteiger partial charge is 0.337 e. The molecule has 0 aliphatic carbocycles. The predicted octanol–water partition coefficient (Wildman–Crippen LogP) is 2.30. The summed E-state index contributed by atoms with van der Waals surface area (Å²) in [4.78, 5) is 53.2. The molecule has 0 fully saturated rings. The van der Waals surface area contributed by atoms with Crippen LogP contribution in [0, 0.1) is 11.6 Å². The van der Waals surface area contributed by atoms with Crippen molar-refractivity contribution < 1.29 is 42.9 Å². The number of imidazole rings is 1. The number of carbonyl (C=O) groups excluding carboxylic acids is 2. The second-order valence-electron chi connectivity index (χ2n) is 9.93. The van der Waals surface area contributed by atoms with Gasteiger partial charge in [-0.05, 0) is 58.5 Å². The largest absolute Gasteiger partial charge is 0.490 e. The maximum atomic E-state index is 15.0. The second kappa shape index (κ2) is 13.2. The second-order valence-corrected chi connectivity index (χ2v) is 9.93. The van der Waals surface area contributed by atoms with Crippen molar-refractivity contribution in [2.75, 3.05) is 17.2 Å². The van der Waals surface area contributed by atoms with Gasteiger partial charge in [-0.3, -0.25) is 14.2 Å². The lowest BCUT2D eigenvalue weighted by Crippen LogP contribution is -2.18. The first kappa shape index (κ1) is 31.7. The van der Waals surface area contributed by atoms with Crippen LogP contribution in [0.5, 0.6) is 5.75 Å². The topological polar surface area (TPSA) is 242 Å². The first-order valence-electron chi connectivity index (χ1n) is 13.8. The van der Waals surface area contributed by atoms with Gasteiger partial charge in [0.05, 0.1) is 29.1 Å². The number of hydrogen-bond acceptors (Lipinski definition) is 12. The normalized spacial score (nSPS) is 10.9. The van der Waals surface area contributed by atoms with Crippen molar-refractivity contribution in [2.45, 2.75) is 6.42 Å². The fourth-order valence-electron chi connectivity index (χ4n) is 4.43. The van der Waals surface area contributed by atoms with Crippen LogP contribution in [0.3, 0.4) is 0 Å². The van der Waals surface area contributed by atoms with Crippen LogP contribution in [0.2, 0.25) is 0 Å². The summed E-state index contributed by atoms with van der Waals surface area (Å²) in [6.07, 6.45) is 4.35. The highest BCUT2D eigenvalue weighted by Gasteiger charge is 2.22. The van der Waals surface area contributed by atoms with E-state index < -0.39 is 58.9 Å². The Kier molecular flexibility index (Phi) is 8.57. The number of halogens is 2. The van der Waals surface area contributed by atoms with Crippen LogP contribution in [0.1, 0.15) is 47.3 Å². The third-order valence-electron chi connectivity index (χ3n) is 6.80. The lowest BCUT2D eigenvalue weighted by Gasteiger charge is -2.14. The Morgan fingerprint density at radius 2 is 1.51 bits per heavy atom. The van der Waals surface area contributed by atoms with E-state index in [2.05, 4.69) is 46.4 Å². The molecule has 4 N–H and O–H groups in total. The van der Waals surface area contributed by atoms with E-state index in [1.165, 1.54) is 36.8 Å². The van der Waals surface area contributed by atoms with Gasteiger partial charge in [0.15, 0.2) is 34.4 Å². The average molecular weight is 672 g/mol. The number of hydrogen-bond donors (Lipinski definition) is 4. The number of nitrogens with one attached hydrogen (secondary N) is 2. The van der Waals surface area contributed by atoms with E-state index in [9.17, 15) is 38.2 Å². The molecule has 0 aliphatic heterocycles. The van der Waals surface area contributed by atoms with Crippen molar-refractivity contribution in [3.63, 3.8) is 0 Å². The highest BCUT2D eigenvalue weighted by Crippen LogP contribution is 2.28. The summed E-state index contributed by atoms with van der Waals surface area (Å²) in [5.41, 5.74) is -1.97. The van der Waals surface area contributed by atoms with E-state index >= 15 is 0 Å². The monoisotopic (exact) mass is 671 g/mol. The maximum absolute atomic E-state index is 15.0. The molecule has 0 radical (unpaired) electrons. The molecule has 2 amide bonds. The van der Waals surface area contributed by atoms with Gasteiger partial charge in [0, 0.05) is 24.9 Å². The zero-order valence-electron chi connectivity index (χ0n) is 24.5. The minimum absolute atomic E-state index is 0.109. The standard InChI is InChI=1S/C29H19F2N11O7/c30-17-10-15(28(45)46)21(33-26(43)19-1-3-24(36-35-19)41-7-6-32-13-41)9-14(17)5-8-49-23-12-22(16(29(47)48)11-18(23)31)34-27(44)20-2-4-25-37-39-40-42(25)38-20/h1-4,6-7,9-13H,5,8H2,(H,33,43)(H,34,44)(H,45,46)(H,47,48). The Balaban J connectivity index is 1.17. The van der Waals surface area contributed by atoms with Gasteiger partial charge in [-0.1, -0.05) is 0 Å². The van der Waals surface area contributed by atoms with Crippen molar-refractivity contribution in [1.29, 1.82) is 0 Å². The molecule has 0 atom stereocenters. The summed E-state index contributed by atoms with van der Waals surface area (Å²) in [6.45, 7) is -0.397. The number of rotatable bonds is 11. The van der Waals surface area contributed by atoms with Crippen LogP contribution in [0.4, 0.5) is 20.2 Å². The maximum Gasteiger partial charge on any atom is 0.337 e. The summed E-state index contributed by atoms with van der Waals surface area (Å²) in [6, 6.07) is 8.87. The van der Waals surface area contributed by atoms with Crippen LogP contribution in [-0.2, 0) is 6.42 Å². The van der Waals surface area contributed by atoms with E-state index in [0.717, 1.165) is 16.8 Å². The number of benzene rings is 2. The number of aromatic carboxylic acids is 2. The quantitative estimate of drug-likeness (QED) is 0.155. The number of ether oxygens (including phenoxy) is 1. The first-order valence-corrected chi connectivity index (χ1v) is 13.8. The van der Waals surface area contributed by atoms with Gasteiger partial charge >= 0.3 is 11.9 Å². The fourth-order valence-corrected chi connectivity index (χ4v) is 4.43. The summed E-state index contributed by atoms with van der Waals surface area (Å²) < 4.78 is 37.8. The van der Waals surface area contributed by atoms with Crippen LogP contribution < -0.4 is 15.4 Å². The number of tetrazole rings is 1. The Morgan fingerprint density at radius 3 is 2.18 bits per heavy atom. The highest BCUT2D eigenvalue weighted by atomic mass is 19.1. The van der Waals surface area contributed by atoms with Crippen molar-refractivity contribution in [3.05, 3.63) is 107 Å². The van der Waals surface area contributed by atoms with E-state index in [1.54, 1.807) is 10.8 Å². The number of carboxylic acid groups (broad SMARTS) is 2. The van der Waals surface area contributed by atoms with Gasteiger partial charge in [-0.15, -0.1) is 25.0 Å². The summed E-state index contributed by atoms with van der Waals surface area (Å²) >= 11 is 0. The molecule has 6 aromatic rings. The summed E-state index contributed by atoms with van der Waals surface area (Å²) in [5, 5.41) is 46.3. The van der Waals surface area contributed by atoms with E-state index in [-0.39, 0.29) is 40.4 Å². The molecule has 6 rings (SSSR count). The summed E-state index contributed by atoms with van der Waals surface area (Å²) in [7, 11) is 0. The predicted molar refractivity (Wildman–Crippen MR) is 160 cm³/mol. The minimum atomic E-state index is -1.56. The van der Waals surface area contributed by atoms with E-state index in [0.29, 0.717) is 18.0 Å². The van der Waals surface area contributed by atoms with Crippen LogP contribution in [0.25, 0.3) is 11.5 Å². The zero-order valence-corrected chi connectivity index (χ0v) is 24.5. The van der Waals surface area contributed by atoms with Gasteiger partial charge in [0.2, 0.25) is 0 Å². The lowest BCUT2D eigenvalue weighted by molar-refractivity contribution is 0.0686. The Hall–Kier alpha value is -7.25. The van der Waals surface area contributed by atoms with Crippen molar-refractivity contribution in [3.8, 4) is 11.6 Å². The molecule has 0 bridgehead atoms. The molecule has 2 aromatic carbocycles. The number of nitrogens with zero attached hydrogens (tertiary/aromatic N) is 9. The molecule has 246 valence electrons. The fraction of sp³-hybridized carbons (Fsp3) is 0.0690. The van der Waals surface area contributed by atoms with Crippen LogP contribution in [-0.4, -0.2) is 85.6 Å². The minimum Gasteiger partial charge on any atom is -0.490 e. The third kappa shape index (κ3) is 6.82. The molecule has 0 saturated heterocycles. The molecular formula is C29H19F2N11O7. The molecule has 20 heteroatoms. The van der Waals surface area contributed by atoms with Gasteiger partial charge in [-0.25, -0.2) is 23.4 Å². The molecule has 4 heterocycles. The average Bonchev–Trinajstić information content (AvgIpc) is 3.79. The Bertz CT molecular complexity index is 2240. The van der Waals surface area contributed by atoms with Gasteiger partial charge in [0.1, 0.15) is 12.1 Å². The number of fused-ring (bicyclic) bond motifs is 1. The molecule has 4 aromatic heterocycles. The van der Waals surface area contributed by atoms with E-state index in [4.69, 9.17) is 4.74 Å². The van der Waals surface area contributed by atoms with E-state index in [1.807, 2.05) is 0 Å². The van der Waals surface area contributed by atoms with Crippen molar-refractivity contribution in [2.24, 2.45) is 0 Å². The number of aromatic nitrogens is 9. The van der Waals surface area contributed by atoms with Gasteiger partial charge < -0.3 is 25.6 Å². The zero-order chi connectivity index (χ0) is 34.7. The van der Waals surface area contributed by atoms with Gasteiger partial charge in [-0.2, -0.15) is 0 Å². The van der Waals surface area contributed by atoms with Crippen LogP contribution >= 0.6 is 0 Å². The first-order chi connectivity index (χ1) is 23.6. The number of anilines is 2. The molecule has 0 aliphatic rings. The highest BCUT2D eigenvalue weighted by molar-refractivity contribution is 6.07. The summed E-state index contributed by atoms with van der Waals surface area (Å²) in [5.74, 6) is -6.95. The molecule has 0 saturated carbocycles. The molecule has 0 spiro atoms.